The van der Waals surface area contributed by atoms with Gasteiger partial charge in [-0.2, -0.15) is 18.4 Å². The van der Waals surface area contributed by atoms with Crippen molar-refractivity contribution in [3.63, 3.8) is 0 Å². The van der Waals surface area contributed by atoms with Crippen molar-refractivity contribution in [2.45, 2.75) is 64.3 Å². The predicted molar refractivity (Wildman–Crippen MR) is 126 cm³/mol. The Labute approximate surface area is 218 Å². The van der Waals surface area contributed by atoms with Gasteiger partial charge < -0.3 is 20.4 Å². The van der Waals surface area contributed by atoms with E-state index in [0.717, 1.165) is 6.42 Å². The molecule has 38 heavy (non-hydrogen) atoms. The van der Waals surface area contributed by atoms with Gasteiger partial charge >= 0.3 is 12.1 Å². The molecule has 8 atom stereocenters. The van der Waals surface area contributed by atoms with Crippen molar-refractivity contribution < 1.29 is 32.3 Å². The summed E-state index contributed by atoms with van der Waals surface area (Å²) < 4.78 is 39.4. The van der Waals surface area contributed by atoms with E-state index in [1.807, 2.05) is 11.4 Å². The smallest absolute Gasteiger partial charge is 0.356 e. The first kappa shape index (κ1) is 26.5. The van der Waals surface area contributed by atoms with Gasteiger partial charge in [0, 0.05) is 19.6 Å². The number of carbonyl (C=O) groups excluding carboxylic acids is 4. The van der Waals surface area contributed by atoms with Gasteiger partial charge in [0.1, 0.15) is 18.1 Å². The molecule has 3 heterocycles. The molecule has 0 aromatic carbocycles. The summed E-state index contributed by atoms with van der Waals surface area (Å²) in [5.41, 5.74) is -1.93. The largest absolute Gasteiger partial charge is 0.471 e. The van der Waals surface area contributed by atoms with Crippen molar-refractivity contribution in [2.24, 2.45) is 34.5 Å². The number of likely N-dealkylation sites (tertiary alicyclic amines) is 2. The first-order valence-electron chi connectivity index (χ1n) is 13.0. The molecule has 3 saturated heterocycles. The van der Waals surface area contributed by atoms with Gasteiger partial charge in [-0.1, -0.05) is 32.9 Å². The molecular weight excluding hydrogens is 503 g/mol. The lowest BCUT2D eigenvalue weighted by Crippen LogP contribution is -2.60. The number of allylic oxidation sites excluding steroid dienone is 2. The Kier molecular flexibility index (Phi) is 6.08. The van der Waals surface area contributed by atoms with Crippen molar-refractivity contribution in [3.05, 3.63) is 12.2 Å². The van der Waals surface area contributed by atoms with E-state index in [4.69, 9.17) is 0 Å². The van der Waals surface area contributed by atoms with Crippen LogP contribution in [-0.4, -0.2) is 77.4 Å². The number of fused-ring (bicyclic) bond motifs is 5. The van der Waals surface area contributed by atoms with Crippen molar-refractivity contribution in [2.75, 3.05) is 19.6 Å². The number of halogens is 3. The molecule has 5 aliphatic rings. The first-order chi connectivity index (χ1) is 17.7. The van der Waals surface area contributed by atoms with E-state index in [1.165, 1.54) is 9.80 Å². The Morgan fingerprint density at radius 1 is 1.18 bits per heavy atom. The summed E-state index contributed by atoms with van der Waals surface area (Å²) >= 11 is 0. The maximum absolute atomic E-state index is 14.2. The minimum Gasteiger partial charge on any atom is -0.356 e. The van der Waals surface area contributed by atoms with E-state index < -0.39 is 52.9 Å². The Morgan fingerprint density at radius 3 is 2.45 bits per heavy atom. The summed E-state index contributed by atoms with van der Waals surface area (Å²) in [7, 11) is 0. The molecule has 1 spiro atoms. The van der Waals surface area contributed by atoms with E-state index in [-0.39, 0.29) is 49.1 Å². The Hall–Kier alpha value is -3.10. The van der Waals surface area contributed by atoms with Crippen molar-refractivity contribution >= 4 is 23.6 Å². The van der Waals surface area contributed by atoms with Crippen LogP contribution in [0.1, 0.15) is 40.0 Å². The van der Waals surface area contributed by atoms with Gasteiger partial charge in [-0.3, -0.25) is 19.2 Å². The molecule has 9 nitrogen and oxygen atoms in total. The van der Waals surface area contributed by atoms with Crippen LogP contribution in [-0.2, 0) is 19.2 Å². The molecule has 5 rings (SSSR count). The molecule has 2 bridgehead atoms. The fourth-order valence-corrected chi connectivity index (χ4v) is 7.35. The number of hydrogen-bond donors (Lipinski definition) is 2. The van der Waals surface area contributed by atoms with Crippen LogP contribution in [0.5, 0.6) is 0 Å². The average molecular weight is 536 g/mol. The lowest BCUT2D eigenvalue weighted by molar-refractivity contribution is -0.176. The summed E-state index contributed by atoms with van der Waals surface area (Å²) in [6.07, 6.45) is 0.465. The van der Waals surface area contributed by atoms with Gasteiger partial charge in [0.15, 0.2) is 0 Å². The van der Waals surface area contributed by atoms with Crippen LogP contribution in [0.2, 0.25) is 0 Å². The molecule has 0 radical (unpaired) electrons. The lowest BCUT2D eigenvalue weighted by atomic mass is 9.81. The highest BCUT2D eigenvalue weighted by Gasteiger charge is 2.62. The van der Waals surface area contributed by atoms with E-state index >= 15 is 0 Å². The molecule has 2 aliphatic carbocycles. The summed E-state index contributed by atoms with van der Waals surface area (Å²) in [5, 5.41) is 14.5. The fourth-order valence-electron chi connectivity index (χ4n) is 7.35. The lowest BCUT2D eigenvalue weighted by Gasteiger charge is -2.38. The van der Waals surface area contributed by atoms with Crippen LogP contribution in [0.4, 0.5) is 13.2 Å². The Balaban J connectivity index is 1.48. The molecule has 0 aromatic heterocycles. The highest BCUT2D eigenvalue weighted by molar-refractivity contribution is 5.95. The van der Waals surface area contributed by atoms with E-state index in [2.05, 4.69) is 17.5 Å². The second kappa shape index (κ2) is 8.71. The molecule has 2 N–H and O–H groups in total. The Morgan fingerprint density at radius 2 is 1.87 bits per heavy atom. The number of nitrogens with zero attached hydrogens (tertiary/aromatic N) is 3. The molecule has 0 unspecified atom stereocenters. The molecule has 206 valence electrons. The topological polar surface area (TPSA) is 123 Å². The third kappa shape index (κ3) is 4.05. The standard InChI is InChI=1S/C26H32F3N5O4/c1-24(2,3)19(32-23(38)26(27,28)29)21(36)33-11-16-13-4-5-14(8-13)17(16)18(33)20(35)34-12-25(9-15(34)10-30)6-7-31-22(25)37/h4-5,13-19H,6-9,11-12H2,1-3H3,(H,31,37)(H,32,38)/t13-,14+,15+,16-,17+,18+,19-,25+/m1/s1. The number of amides is 4. The minimum absolute atomic E-state index is 0.0291. The van der Waals surface area contributed by atoms with Gasteiger partial charge in [0.25, 0.3) is 0 Å². The molecule has 4 amide bonds. The zero-order valence-electron chi connectivity index (χ0n) is 21.5. The summed E-state index contributed by atoms with van der Waals surface area (Å²) in [6, 6.07) is -1.21. The van der Waals surface area contributed by atoms with E-state index in [9.17, 15) is 37.6 Å². The van der Waals surface area contributed by atoms with Gasteiger partial charge in [0.05, 0.1) is 11.5 Å². The highest BCUT2D eigenvalue weighted by Crippen LogP contribution is 2.55. The number of nitriles is 1. The van der Waals surface area contributed by atoms with Crippen LogP contribution in [0.15, 0.2) is 12.2 Å². The van der Waals surface area contributed by atoms with Crippen LogP contribution >= 0.6 is 0 Å². The van der Waals surface area contributed by atoms with Gasteiger partial charge in [-0.15, -0.1) is 0 Å². The van der Waals surface area contributed by atoms with Crippen LogP contribution in [0.3, 0.4) is 0 Å². The number of alkyl halides is 3. The maximum atomic E-state index is 14.2. The van der Waals surface area contributed by atoms with Gasteiger partial charge in [-0.25, -0.2) is 0 Å². The first-order valence-corrected chi connectivity index (χ1v) is 13.0. The number of rotatable bonds is 3. The summed E-state index contributed by atoms with van der Waals surface area (Å²) in [5.74, 6) is -3.73. The fraction of sp³-hybridized carbons (Fsp3) is 0.731. The molecule has 4 fully saturated rings. The number of nitrogens with one attached hydrogen (secondary N) is 2. The molecule has 1 saturated carbocycles. The molecule has 3 aliphatic heterocycles. The maximum Gasteiger partial charge on any atom is 0.471 e. The zero-order valence-corrected chi connectivity index (χ0v) is 21.5. The third-order valence-corrected chi connectivity index (χ3v) is 9.21. The van der Waals surface area contributed by atoms with Crippen LogP contribution in [0, 0.1) is 45.8 Å². The second-order valence-electron chi connectivity index (χ2n) is 12.5. The van der Waals surface area contributed by atoms with Gasteiger partial charge in [0.2, 0.25) is 17.7 Å². The normalized spacial score (nSPS) is 36.4. The van der Waals surface area contributed by atoms with Gasteiger partial charge in [-0.05, 0) is 48.3 Å². The SMILES string of the molecule is CC(C)(C)[C@H](NC(=O)C(F)(F)F)C(=O)N1C[C@H]2[C@@H]([C@H]1C(=O)N1C[C@]3(CCNC3=O)C[C@H]1C#N)[C@H]1C=C[C@@H]2C1. The average Bonchev–Trinajstić information content (AvgIpc) is 3.63. The minimum atomic E-state index is -5.17. The molecule has 0 aromatic rings. The highest BCUT2D eigenvalue weighted by atomic mass is 19.4. The summed E-state index contributed by atoms with van der Waals surface area (Å²) in [6.45, 7) is 5.36. The van der Waals surface area contributed by atoms with E-state index in [0.29, 0.717) is 13.0 Å². The third-order valence-electron chi connectivity index (χ3n) is 9.21. The molecule has 12 heteroatoms. The number of carbonyl (C=O) groups is 4. The van der Waals surface area contributed by atoms with Crippen molar-refractivity contribution in [1.29, 1.82) is 5.26 Å². The van der Waals surface area contributed by atoms with E-state index in [1.54, 1.807) is 20.8 Å². The quantitative estimate of drug-likeness (QED) is 0.529. The van der Waals surface area contributed by atoms with Crippen molar-refractivity contribution in [1.82, 2.24) is 20.4 Å². The molecular formula is C26H32F3N5O4. The predicted octanol–water partition coefficient (Wildman–Crippen LogP) is 1.36. The number of hydrogen-bond acceptors (Lipinski definition) is 5. The van der Waals surface area contributed by atoms with Crippen LogP contribution < -0.4 is 10.6 Å². The van der Waals surface area contributed by atoms with Crippen molar-refractivity contribution in [3.8, 4) is 6.07 Å². The monoisotopic (exact) mass is 535 g/mol. The zero-order chi connectivity index (χ0) is 27.8. The Bertz CT molecular complexity index is 1140. The summed E-state index contributed by atoms with van der Waals surface area (Å²) in [4.78, 5) is 55.4. The second-order valence-corrected chi connectivity index (χ2v) is 12.5. The van der Waals surface area contributed by atoms with Crippen LogP contribution in [0.25, 0.3) is 0 Å².